The molecule has 1 unspecified atom stereocenters. The van der Waals surface area contributed by atoms with Gasteiger partial charge in [-0.25, -0.2) is 4.58 Å². The maximum absolute atomic E-state index is 4.28. The minimum absolute atomic E-state index is 0.480. The standard InChI is InChI=1S/C8H12N3/c1-7-6-11-5-3-4-9-8(11)10(7)2/h3-4,6-7H,5H2,1-2H3/q+1. The van der Waals surface area contributed by atoms with Gasteiger partial charge in [-0.15, -0.1) is 0 Å². The van der Waals surface area contributed by atoms with Gasteiger partial charge >= 0.3 is 5.96 Å². The van der Waals surface area contributed by atoms with Gasteiger partial charge in [0.05, 0.1) is 19.8 Å². The first-order valence-corrected chi connectivity index (χ1v) is 3.86. The second kappa shape index (κ2) is 2.19. The molecule has 0 spiro atoms. The molecule has 2 aliphatic heterocycles. The lowest BCUT2D eigenvalue weighted by Crippen LogP contribution is -2.33. The number of hydrogen-bond acceptors (Lipinski definition) is 2. The third-order valence-electron chi connectivity index (χ3n) is 2.18. The van der Waals surface area contributed by atoms with Crippen LogP contribution in [-0.2, 0) is 0 Å². The number of hydrogen-bond donors (Lipinski definition) is 0. The normalized spacial score (nSPS) is 28.2. The van der Waals surface area contributed by atoms with Gasteiger partial charge in [0.15, 0.2) is 0 Å². The molecule has 0 aliphatic carbocycles. The van der Waals surface area contributed by atoms with Gasteiger partial charge in [0.1, 0.15) is 12.2 Å². The lowest BCUT2D eigenvalue weighted by molar-refractivity contribution is -0.394. The summed E-state index contributed by atoms with van der Waals surface area (Å²) in [5.74, 6) is 1.07. The maximum atomic E-state index is 4.28. The van der Waals surface area contributed by atoms with Crippen LogP contribution < -0.4 is 0 Å². The Hall–Kier alpha value is -1.12. The predicted octanol–water partition coefficient (Wildman–Crippen LogP) is 0.287. The molecule has 0 radical (unpaired) electrons. The highest BCUT2D eigenvalue weighted by molar-refractivity contribution is 5.85. The SMILES string of the molecule is CC1C=[N+]2CC=CN=C2N1C. The van der Waals surface area contributed by atoms with Crippen LogP contribution in [0.1, 0.15) is 6.92 Å². The Kier molecular flexibility index (Phi) is 1.31. The summed E-state index contributed by atoms with van der Waals surface area (Å²) in [6.45, 7) is 3.13. The molecule has 0 saturated carbocycles. The van der Waals surface area contributed by atoms with E-state index in [9.17, 15) is 0 Å². The van der Waals surface area contributed by atoms with E-state index in [0.29, 0.717) is 6.04 Å². The molecule has 2 aliphatic rings. The van der Waals surface area contributed by atoms with E-state index >= 15 is 0 Å². The molecule has 0 N–H and O–H groups in total. The summed E-state index contributed by atoms with van der Waals surface area (Å²) >= 11 is 0. The number of rotatable bonds is 0. The molecule has 11 heavy (non-hydrogen) atoms. The highest BCUT2D eigenvalue weighted by Crippen LogP contribution is 2.07. The highest BCUT2D eigenvalue weighted by atomic mass is 15.4. The zero-order chi connectivity index (χ0) is 7.84. The van der Waals surface area contributed by atoms with Crippen molar-refractivity contribution in [1.29, 1.82) is 0 Å². The minimum Gasteiger partial charge on any atom is -0.255 e. The van der Waals surface area contributed by atoms with Gasteiger partial charge in [-0.3, -0.25) is 4.90 Å². The Bertz CT molecular complexity index is 263. The van der Waals surface area contributed by atoms with Crippen molar-refractivity contribution >= 4 is 12.2 Å². The molecule has 1 atom stereocenters. The first-order valence-electron chi connectivity index (χ1n) is 3.86. The third kappa shape index (κ3) is 0.878. The van der Waals surface area contributed by atoms with Crippen LogP contribution >= 0.6 is 0 Å². The molecule has 3 heteroatoms. The predicted molar refractivity (Wildman–Crippen MR) is 45.0 cm³/mol. The average Bonchev–Trinajstić information content (AvgIpc) is 2.30. The lowest BCUT2D eigenvalue weighted by Gasteiger charge is -2.09. The summed E-state index contributed by atoms with van der Waals surface area (Å²) in [6.07, 6.45) is 6.13. The van der Waals surface area contributed by atoms with Gasteiger partial charge in [0, 0.05) is 0 Å². The summed E-state index contributed by atoms with van der Waals surface area (Å²) in [5, 5.41) is 0. The van der Waals surface area contributed by atoms with Gasteiger partial charge in [0.25, 0.3) is 0 Å². The monoisotopic (exact) mass is 150 g/mol. The number of fused-ring (bicyclic) bond motifs is 1. The molecule has 0 bridgehead atoms. The number of nitrogens with zero attached hydrogens (tertiary/aromatic N) is 3. The molecule has 2 heterocycles. The summed E-state index contributed by atoms with van der Waals surface area (Å²) in [7, 11) is 2.07. The second-order valence-corrected chi connectivity index (χ2v) is 2.97. The third-order valence-corrected chi connectivity index (χ3v) is 2.18. The van der Waals surface area contributed by atoms with Crippen molar-refractivity contribution < 1.29 is 4.58 Å². The molecule has 0 saturated heterocycles. The van der Waals surface area contributed by atoms with E-state index in [4.69, 9.17) is 0 Å². The fraction of sp³-hybridized carbons (Fsp3) is 0.500. The van der Waals surface area contributed by atoms with E-state index in [2.05, 4.69) is 40.7 Å². The number of aliphatic imine (C=N–C) groups is 1. The quantitative estimate of drug-likeness (QED) is 0.454. The Morgan fingerprint density at radius 3 is 3.27 bits per heavy atom. The Morgan fingerprint density at radius 1 is 1.73 bits per heavy atom. The zero-order valence-corrected chi connectivity index (χ0v) is 6.86. The summed E-state index contributed by atoms with van der Waals surface area (Å²) in [5.41, 5.74) is 0. The van der Waals surface area contributed by atoms with Crippen molar-refractivity contribution in [3.8, 4) is 0 Å². The number of guanidine groups is 1. The van der Waals surface area contributed by atoms with Crippen LogP contribution in [0.5, 0.6) is 0 Å². The zero-order valence-electron chi connectivity index (χ0n) is 6.86. The molecular weight excluding hydrogens is 138 g/mol. The molecule has 0 fully saturated rings. The fourth-order valence-electron chi connectivity index (χ4n) is 1.40. The van der Waals surface area contributed by atoms with Crippen LogP contribution in [0.4, 0.5) is 0 Å². The van der Waals surface area contributed by atoms with Gasteiger partial charge in [-0.1, -0.05) is 4.99 Å². The lowest BCUT2D eigenvalue weighted by atomic mass is 10.4. The Balaban J connectivity index is 2.37. The van der Waals surface area contributed by atoms with Crippen LogP contribution in [-0.4, -0.2) is 41.3 Å². The smallest absolute Gasteiger partial charge is 0.255 e. The fourth-order valence-corrected chi connectivity index (χ4v) is 1.40. The van der Waals surface area contributed by atoms with Crippen molar-refractivity contribution in [3.63, 3.8) is 0 Å². The van der Waals surface area contributed by atoms with E-state index in [0.717, 1.165) is 12.5 Å². The van der Waals surface area contributed by atoms with Crippen molar-refractivity contribution in [3.05, 3.63) is 12.3 Å². The molecular formula is C8H12N3+. The first kappa shape index (κ1) is 6.58. The molecule has 0 aromatic carbocycles. The molecule has 3 nitrogen and oxygen atoms in total. The Morgan fingerprint density at radius 2 is 2.55 bits per heavy atom. The Labute approximate surface area is 66.4 Å². The van der Waals surface area contributed by atoms with Gasteiger partial charge in [0.2, 0.25) is 0 Å². The van der Waals surface area contributed by atoms with E-state index in [1.165, 1.54) is 0 Å². The van der Waals surface area contributed by atoms with E-state index in [1.54, 1.807) is 0 Å². The molecule has 2 rings (SSSR count). The highest BCUT2D eigenvalue weighted by Gasteiger charge is 2.31. The molecule has 0 aromatic heterocycles. The maximum Gasteiger partial charge on any atom is 0.394 e. The summed E-state index contributed by atoms with van der Waals surface area (Å²) < 4.78 is 2.17. The largest absolute Gasteiger partial charge is 0.394 e. The van der Waals surface area contributed by atoms with E-state index < -0.39 is 0 Å². The minimum atomic E-state index is 0.480. The van der Waals surface area contributed by atoms with Crippen LogP contribution in [0.25, 0.3) is 0 Å². The van der Waals surface area contributed by atoms with E-state index in [1.807, 2.05) is 6.20 Å². The van der Waals surface area contributed by atoms with Crippen LogP contribution in [0.2, 0.25) is 0 Å². The molecule has 0 aromatic rings. The van der Waals surface area contributed by atoms with Crippen molar-refractivity contribution in [1.82, 2.24) is 4.90 Å². The van der Waals surface area contributed by atoms with E-state index in [-0.39, 0.29) is 0 Å². The molecule has 0 amide bonds. The summed E-state index contributed by atoms with van der Waals surface area (Å²) in [4.78, 5) is 6.45. The first-order chi connectivity index (χ1) is 5.29. The van der Waals surface area contributed by atoms with Crippen LogP contribution in [0.3, 0.4) is 0 Å². The summed E-state index contributed by atoms with van der Waals surface area (Å²) in [6, 6.07) is 0.480. The topological polar surface area (TPSA) is 18.6 Å². The molecule has 58 valence electrons. The van der Waals surface area contributed by atoms with Crippen molar-refractivity contribution in [2.45, 2.75) is 13.0 Å². The van der Waals surface area contributed by atoms with Gasteiger partial charge < -0.3 is 0 Å². The van der Waals surface area contributed by atoms with Crippen LogP contribution in [0.15, 0.2) is 17.3 Å². The average molecular weight is 150 g/mol. The van der Waals surface area contributed by atoms with Crippen LogP contribution in [0, 0.1) is 0 Å². The van der Waals surface area contributed by atoms with Gasteiger partial charge in [-0.05, 0) is 13.0 Å². The second-order valence-electron chi connectivity index (χ2n) is 2.97. The van der Waals surface area contributed by atoms with Crippen molar-refractivity contribution in [2.75, 3.05) is 13.6 Å². The van der Waals surface area contributed by atoms with Gasteiger partial charge in [-0.2, -0.15) is 0 Å². The van der Waals surface area contributed by atoms with Crippen molar-refractivity contribution in [2.24, 2.45) is 4.99 Å².